The largest absolute Gasteiger partial charge is 0.325 e. The van der Waals surface area contributed by atoms with Crippen molar-refractivity contribution >= 4 is 23.2 Å². The van der Waals surface area contributed by atoms with Crippen LogP contribution in [0.2, 0.25) is 0 Å². The summed E-state index contributed by atoms with van der Waals surface area (Å²) in [5.41, 5.74) is 3.95. The highest BCUT2D eigenvalue weighted by Crippen LogP contribution is 2.23. The number of rotatable bonds is 7. The van der Waals surface area contributed by atoms with E-state index in [9.17, 15) is 9.59 Å². The molecule has 1 atom stereocenters. The molecule has 29 heavy (non-hydrogen) atoms. The number of aryl methyl sites for hydroxylation is 1. The maximum absolute atomic E-state index is 12.6. The third-order valence-electron chi connectivity index (χ3n) is 5.12. The van der Waals surface area contributed by atoms with E-state index in [2.05, 4.69) is 38.3 Å². The molecule has 2 aromatic rings. The lowest BCUT2D eigenvalue weighted by Crippen LogP contribution is -2.43. The Morgan fingerprint density at radius 2 is 1.62 bits per heavy atom. The molecule has 1 unspecified atom stereocenters. The van der Waals surface area contributed by atoms with Crippen molar-refractivity contribution < 1.29 is 9.59 Å². The molecule has 0 saturated heterocycles. The van der Waals surface area contributed by atoms with Crippen LogP contribution >= 0.6 is 0 Å². The Labute approximate surface area is 174 Å². The SMILES string of the molecule is CCc1ccccc1NC(=O)CN(C)C(C)C(=O)Nc1ccc(C(C)(C)C)cc1. The van der Waals surface area contributed by atoms with Crippen LogP contribution in [0.3, 0.4) is 0 Å². The third kappa shape index (κ3) is 6.43. The van der Waals surface area contributed by atoms with Crippen molar-refractivity contribution in [1.82, 2.24) is 4.90 Å². The first-order chi connectivity index (χ1) is 13.6. The molecule has 5 heteroatoms. The highest BCUT2D eigenvalue weighted by Gasteiger charge is 2.21. The summed E-state index contributed by atoms with van der Waals surface area (Å²) >= 11 is 0. The van der Waals surface area contributed by atoms with Gasteiger partial charge in [0, 0.05) is 11.4 Å². The van der Waals surface area contributed by atoms with Gasteiger partial charge in [0.15, 0.2) is 0 Å². The molecule has 2 amide bonds. The van der Waals surface area contributed by atoms with E-state index in [1.807, 2.05) is 48.5 Å². The van der Waals surface area contributed by atoms with Crippen LogP contribution in [0.1, 0.15) is 45.7 Å². The number of benzene rings is 2. The topological polar surface area (TPSA) is 61.4 Å². The number of hydrogen-bond acceptors (Lipinski definition) is 3. The second kappa shape index (κ2) is 9.70. The fourth-order valence-corrected chi connectivity index (χ4v) is 3.00. The van der Waals surface area contributed by atoms with Gasteiger partial charge >= 0.3 is 0 Å². The van der Waals surface area contributed by atoms with Gasteiger partial charge in [-0.05, 0) is 55.1 Å². The zero-order valence-corrected chi connectivity index (χ0v) is 18.4. The van der Waals surface area contributed by atoms with E-state index < -0.39 is 6.04 Å². The number of amides is 2. The molecule has 0 aromatic heterocycles. The highest BCUT2D eigenvalue weighted by molar-refractivity contribution is 5.96. The molecular weight excluding hydrogens is 362 g/mol. The Bertz CT molecular complexity index is 838. The summed E-state index contributed by atoms with van der Waals surface area (Å²) in [6.45, 7) is 10.4. The lowest BCUT2D eigenvalue weighted by Gasteiger charge is -2.24. The van der Waals surface area contributed by atoms with Gasteiger partial charge in [0.2, 0.25) is 11.8 Å². The number of para-hydroxylation sites is 1. The first-order valence-corrected chi connectivity index (χ1v) is 10.1. The Morgan fingerprint density at radius 3 is 2.21 bits per heavy atom. The molecule has 0 radical (unpaired) electrons. The van der Waals surface area contributed by atoms with E-state index in [0.29, 0.717) is 0 Å². The number of anilines is 2. The molecule has 156 valence electrons. The van der Waals surface area contributed by atoms with Gasteiger partial charge < -0.3 is 10.6 Å². The van der Waals surface area contributed by atoms with Gasteiger partial charge in [-0.2, -0.15) is 0 Å². The monoisotopic (exact) mass is 395 g/mol. The Kier molecular flexibility index (Phi) is 7.57. The van der Waals surface area contributed by atoms with Gasteiger partial charge in [0.25, 0.3) is 0 Å². The molecule has 0 aliphatic heterocycles. The van der Waals surface area contributed by atoms with E-state index in [0.717, 1.165) is 23.4 Å². The van der Waals surface area contributed by atoms with Crippen molar-refractivity contribution in [3.63, 3.8) is 0 Å². The third-order valence-corrected chi connectivity index (χ3v) is 5.12. The van der Waals surface area contributed by atoms with Crippen LogP contribution in [-0.2, 0) is 21.4 Å². The summed E-state index contributed by atoms with van der Waals surface area (Å²) in [6.07, 6.45) is 0.846. The van der Waals surface area contributed by atoms with Gasteiger partial charge in [0.05, 0.1) is 12.6 Å². The quantitative estimate of drug-likeness (QED) is 0.728. The van der Waals surface area contributed by atoms with E-state index in [-0.39, 0.29) is 23.8 Å². The molecule has 0 saturated carbocycles. The van der Waals surface area contributed by atoms with Crippen molar-refractivity contribution in [1.29, 1.82) is 0 Å². The van der Waals surface area contributed by atoms with Crippen LogP contribution in [-0.4, -0.2) is 36.3 Å². The number of nitrogens with zero attached hydrogens (tertiary/aromatic N) is 1. The van der Waals surface area contributed by atoms with Crippen molar-refractivity contribution in [2.24, 2.45) is 0 Å². The highest BCUT2D eigenvalue weighted by atomic mass is 16.2. The second-order valence-corrected chi connectivity index (χ2v) is 8.47. The summed E-state index contributed by atoms with van der Waals surface area (Å²) in [5.74, 6) is -0.277. The van der Waals surface area contributed by atoms with Gasteiger partial charge in [-0.1, -0.05) is 58.0 Å². The van der Waals surface area contributed by atoms with E-state index in [1.54, 1.807) is 18.9 Å². The predicted octanol–water partition coefficient (Wildman–Crippen LogP) is 4.44. The molecule has 2 N–H and O–H groups in total. The normalized spacial score (nSPS) is 12.5. The molecule has 2 aromatic carbocycles. The molecule has 0 aliphatic rings. The minimum absolute atomic E-state index is 0.0693. The van der Waals surface area contributed by atoms with Crippen molar-refractivity contribution in [2.75, 3.05) is 24.2 Å². The smallest absolute Gasteiger partial charge is 0.241 e. The summed E-state index contributed by atoms with van der Waals surface area (Å²) in [6, 6.07) is 15.2. The number of hydrogen-bond donors (Lipinski definition) is 2. The molecule has 0 spiro atoms. The average molecular weight is 396 g/mol. The minimum Gasteiger partial charge on any atom is -0.325 e. The molecule has 2 rings (SSSR count). The van der Waals surface area contributed by atoms with Gasteiger partial charge in [-0.25, -0.2) is 0 Å². The molecule has 0 aliphatic carbocycles. The van der Waals surface area contributed by atoms with E-state index >= 15 is 0 Å². The number of likely N-dealkylation sites (N-methyl/N-ethyl adjacent to an activating group) is 1. The Morgan fingerprint density at radius 1 is 1.00 bits per heavy atom. The van der Waals surface area contributed by atoms with Crippen molar-refractivity contribution in [3.05, 3.63) is 59.7 Å². The van der Waals surface area contributed by atoms with E-state index in [1.165, 1.54) is 5.56 Å². The van der Waals surface area contributed by atoms with Crippen LogP contribution in [0.4, 0.5) is 11.4 Å². The molecule has 0 heterocycles. The van der Waals surface area contributed by atoms with Crippen molar-refractivity contribution in [3.8, 4) is 0 Å². The van der Waals surface area contributed by atoms with Crippen LogP contribution in [0, 0.1) is 0 Å². The van der Waals surface area contributed by atoms with Crippen LogP contribution in [0.15, 0.2) is 48.5 Å². The van der Waals surface area contributed by atoms with Gasteiger partial charge in [-0.15, -0.1) is 0 Å². The molecule has 0 bridgehead atoms. The van der Waals surface area contributed by atoms with Crippen LogP contribution < -0.4 is 10.6 Å². The molecule has 0 fully saturated rings. The summed E-state index contributed by atoms with van der Waals surface area (Å²) < 4.78 is 0. The summed E-state index contributed by atoms with van der Waals surface area (Å²) in [7, 11) is 1.78. The standard InChI is InChI=1S/C24H33N3O2/c1-7-18-10-8-9-11-21(18)26-22(28)16-27(6)17(2)23(29)25-20-14-12-19(13-15-20)24(3,4)5/h8-15,17H,7,16H2,1-6H3,(H,25,29)(H,26,28). The lowest BCUT2D eigenvalue weighted by molar-refractivity contribution is -0.122. The number of carbonyl (C=O) groups excluding carboxylic acids is 2. The van der Waals surface area contributed by atoms with Gasteiger partial charge in [-0.3, -0.25) is 14.5 Å². The van der Waals surface area contributed by atoms with Crippen LogP contribution in [0.5, 0.6) is 0 Å². The van der Waals surface area contributed by atoms with Crippen molar-refractivity contribution in [2.45, 2.75) is 52.5 Å². The average Bonchev–Trinajstić information content (AvgIpc) is 2.67. The summed E-state index contributed by atoms with van der Waals surface area (Å²) in [5, 5.41) is 5.87. The predicted molar refractivity (Wildman–Crippen MR) is 120 cm³/mol. The minimum atomic E-state index is -0.440. The number of carbonyl (C=O) groups is 2. The fourth-order valence-electron chi connectivity index (χ4n) is 3.00. The van der Waals surface area contributed by atoms with Crippen LogP contribution in [0.25, 0.3) is 0 Å². The zero-order chi connectivity index (χ0) is 21.6. The zero-order valence-electron chi connectivity index (χ0n) is 18.4. The summed E-state index contributed by atoms with van der Waals surface area (Å²) in [4.78, 5) is 26.8. The Hall–Kier alpha value is -2.66. The molecular formula is C24H33N3O2. The fraction of sp³-hybridized carbons (Fsp3) is 0.417. The van der Waals surface area contributed by atoms with E-state index in [4.69, 9.17) is 0 Å². The second-order valence-electron chi connectivity index (χ2n) is 8.47. The maximum Gasteiger partial charge on any atom is 0.241 e. The number of nitrogens with one attached hydrogen (secondary N) is 2. The lowest BCUT2D eigenvalue weighted by atomic mass is 9.87. The van der Waals surface area contributed by atoms with Gasteiger partial charge in [0.1, 0.15) is 0 Å². The Balaban J connectivity index is 1.92. The first kappa shape index (κ1) is 22.6. The maximum atomic E-state index is 12.6. The molecule has 5 nitrogen and oxygen atoms in total. The first-order valence-electron chi connectivity index (χ1n) is 10.1.